The van der Waals surface area contributed by atoms with E-state index in [1.807, 2.05) is 20.8 Å². The predicted molar refractivity (Wildman–Crippen MR) is 56.0 cm³/mol. The molecular weight excluding hydrogens is 263 g/mol. The Morgan fingerprint density at radius 2 is 1.67 bits per heavy atom. The van der Waals surface area contributed by atoms with Gasteiger partial charge in [0, 0.05) is 0 Å². The third-order valence-electron chi connectivity index (χ3n) is 1.76. The van der Waals surface area contributed by atoms with E-state index in [0.717, 1.165) is 25.8 Å². The van der Waals surface area contributed by atoms with Crippen LogP contribution in [0.15, 0.2) is 4.99 Å². The van der Waals surface area contributed by atoms with Gasteiger partial charge in [-0.1, -0.05) is 0 Å². The third kappa shape index (κ3) is 5.51. The fourth-order valence-corrected chi connectivity index (χ4v) is 1.46. The van der Waals surface area contributed by atoms with Crippen LogP contribution in [-0.2, 0) is 0 Å². The molecule has 2 nitrogen and oxygen atoms in total. The molecule has 0 heterocycles. The topological polar surface area (TPSA) is 15.6 Å². The van der Waals surface area contributed by atoms with Gasteiger partial charge in [0.2, 0.25) is 0 Å². The molecule has 0 aromatic carbocycles. The molecule has 1 atom stereocenters. The van der Waals surface area contributed by atoms with E-state index in [4.69, 9.17) is 0 Å². The van der Waals surface area contributed by atoms with Crippen LogP contribution < -0.4 is 0 Å². The first-order chi connectivity index (χ1) is 6.45. The van der Waals surface area contributed by atoms with Crippen molar-refractivity contribution in [2.45, 2.75) is 52.4 Å². The van der Waals surface area contributed by atoms with E-state index in [2.05, 4.69) is 4.99 Å². The van der Waals surface area contributed by atoms with Crippen molar-refractivity contribution in [3.05, 3.63) is 0 Å². The van der Waals surface area contributed by atoms with E-state index < -0.39 is 12.2 Å². The van der Waals surface area contributed by atoms with E-state index in [-0.39, 0.29) is 5.54 Å². The Hall–Kier alpha value is -0.104. The maximum absolute atomic E-state index is 12.4. The summed E-state index contributed by atoms with van der Waals surface area (Å²) in [6.07, 6.45) is -4.20. The van der Waals surface area contributed by atoms with Gasteiger partial charge < -0.3 is 0 Å². The van der Waals surface area contributed by atoms with Crippen molar-refractivity contribution in [2.24, 2.45) is 4.99 Å². The summed E-state index contributed by atoms with van der Waals surface area (Å²) in [6, 6.07) is -1.48. The van der Waals surface area contributed by atoms with Crippen LogP contribution in [0.25, 0.3) is 0 Å². The number of aliphatic imine (C=N–C) groups is 1. The van der Waals surface area contributed by atoms with Crippen LogP contribution >= 0.6 is 0 Å². The first-order valence-electron chi connectivity index (χ1n) is 4.62. The Labute approximate surface area is 99.1 Å². The zero-order valence-electron chi connectivity index (χ0n) is 9.68. The monoisotopic (exact) mass is 278 g/mol. The summed E-state index contributed by atoms with van der Waals surface area (Å²) in [5, 5.41) is 0. The second-order valence-corrected chi connectivity index (χ2v) is 5.62. The van der Waals surface area contributed by atoms with E-state index in [9.17, 15) is 13.2 Å². The minimum absolute atomic E-state index is 0.347. The van der Waals surface area contributed by atoms with Gasteiger partial charge in [0.1, 0.15) is 0 Å². The molecule has 0 saturated heterocycles. The molecule has 0 bridgehead atoms. The summed E-state index contributed by atoms with van der Waals surface area (Å²) in [7, 11) is 0. The Morgan fingerprint density at radius 3 is 1.93 bits per heavy atom. The van der Waals surface area contributed by atoms with Crippen molar-refractivity contribution in [1.29, 1.82) is 0 Å². The summed E-state index contributed by atoms with van der Waals surface area (Å²) in [4.78, 5) is 4.20. The second kappa shape index (κ2) is 4.82. The van der Waals surface area contributed by atoms with Crippen molar-refractivity contribution in [2.75, 3.05) is 0 Å². The SMILES string of the molecule is CC(=NC(C)(C)C)[N]([Ga])C(C)C(F)(F)F. The minimum atomic E-state index is -4.20. The molecule has 0 aromatic rings. The van der Waals surface area contributed by atoms with Gasteiger partial charge >= 0.3 is 98.8 Å². The van der Waals surface area contributed by atoms with Gasteiger partial charge in [0.05, 0.1) is 0 Å². The number of nitrogens with zero attached hydrogens (tertiary/aromatic N) is 2. The fraction of sp³-hybridized carbons (Fsp3) is 0.889. The van der Waals surface area contributed by atoms with Gasteiger partial charge in [-0.15, -0.1) is 0 Å². The average Bonchev–Trinajstić information content (AvgIpc) is 1.96. The number of hydrogen-bond donors (Lipinski definition) is 0. The van der Waals surface area contributed by atoms with Gasteiger partial charge in [0.15, 0.2) is 0 Å². The molecule has 0 rings (SSSR count). The molecule has 86 valence electrons. The van der Waals surface area contributed by atoms with Crippen LogP contribution in [0.5, 0.6) is 0 Å². The van der Waals surface area contributed by atoms with Crippen molar-refractivity contribution in [3.8, 4) is 0 Å². The van der Waals surface area contributed by atoms with Gasteiger partial charge in [-0.25, -0.2) is 0 Å². The number of hydrogen-bond acceptors (Lipinski definition) is 1. The third-order valence-corrected chi connectivity index (χ3v) is 3.48. The van der Waals surface area contributed by atoms with Crippen LogP contribution in [0.2, 0.25) is 0 Å². The average molecular weight is 279 g/mol. The molecule has 0 aromatic heterocycles. The van der Waals surface area contributed by atoms with Gasteiger partial charge in [0.25, 0.3) is 0 Å². The molecule has 0 N–H and O–H groups in total. The molecule has 0 fully saturated rings. The zero-order valence-corrected chi connectivity index (χ0v) is 12.1. The number of amidine groups is 1. The molecule has 0 spiro atoms. The van der Waals surface area contributed by atoms with E-state index in [1.165, 1.54) is 3.61 Å². The van der Waals surface area contributed by atoms with E-state index in [1.54, 1.807) is 6.92 Å². The first kappa shape index (κ1) is 14.9. The molecule has 2 radical (unpaired) electrons. The molecule has 0 saturated carbocycles. The van der Waals surface area contributed by atoms with Crippen LogP contribution in [0.3, 0.4) is 0 Å². The Bertz CT molecular complexity index is 243. The maximum atomic E-state index is 12.4. The van der Waals surface area contributed by atoms with Crippen molar-refractivity contribution in [3.63, 3.8) is 0 Å². The van der Waals surface area contributed by atoms with Crippen LogP contribution in [0.1, 0.15) is 34.6 Å². The van der Waals surface area contributed by atoms with Gasteiger partial charge in [-0.2, -0.15) is 0 Å². The molecule has 1 unspecified atom stereocenters. The van der Waals surface area contributed by atoms with Gasteiger partial charge in [-0.3, -0.25) is 0 Å². The number of alkyl halides is 3. The van der Waals surface area contributed by atoms with Crippen molar-refractivity contribution in [1.82, 2.24) is 3.61 Å². The standard InChI is InChI=1S/C9H16F3N2.Ga/c1-6(9(10,11)12)13-7(2)14-8(3,4)5;/h6H,1-5H3;/q-1;+1. The normalized spacial score (nSPS) is 16.4. The van der Waals surface area contributed by atoms with E-state index in [0.29, 0.717) is 5.84 Å². The first-order valence-corrected chi connectivity index (χ1v) is 5.70. The van der Waals surface area contributed by atoms with Crippen LogP contribution in [0, 0.1) is 0 Å². The molecule has 0 aliphatic carbocycles. The summed E-state index contributed by atoms with van der Waals surface area (Å²) in [6.45, 7) is 8.32. The van der Waals surface area contributed by atoms with Crippen molar-refractivity contribution < 1.29 is 13.2 Å². The Kier molecular flexibility index (Phi) is 4.79. The van der Waals surface area contributed by atoms with Crippen LogP contribution in [0.4, 0.5) is 13.2 Å². The number of rotatable bonds is 1. The van der Waals surface area contributed by atoms with Gasteiger partial charge in [-0.05, 0) is 0 Å². The molecule has 0 aliphatic rings. The van der Waals surface area contributed by atoms with Crippen molar-refractivity contribution >= 4 is 24.7 Å². The Morgan fingerprint density at radius 1 is 1.27 bits per heavy atom. The molecule has 0 aliphatic heterocycles. The molecule has 6 heteroatoms. The fourth-order valence-electron chi connectivity index (χ4n) is 0.981. The molecule has 0 amide bonds. The second-order valence-electron chi connectivity index (χ2n) is 4.45. The predicted octanol–water partition coefficient (Wildman–Crippen LogP) is 2.54. The van der Waals surface area contributed by atoms with E-state index >= 15 is 0 Å². The Balaban J connectivity index is 4.73. The number of halogens is 3. The summed E-state index contributed by atoms with van der Waals surface area (Å²) < 4.78 is 38.4. The quantitative estimate of drug-likeness (QED) is 0.409. The van der Waals surface area contributed by atoms with Crippen LogP contribution in [-0.4, -0.2) is 46.0 Å². The molecular formula is C9H16F3GaN2. The summed E-state index contributed by atoms with van der Waals surface area (Å²) >= 11 is 0.914. The molecule has 15 heavy (non-hydrogen) atoms. The summed E-state index contributed by atoms with van der Waals surface area (Å²) in [5.41, 5.74) is -0.347. The zero-order chi connectivity index (χ0) is 12.4. The summed E-state index contributed by atoms with van der Waals surface area (Å²) in [5.74, 6) is 0.423.